The summed E-state index contributed by atoms with van der Waals surface area (Å²) < 4.78 is 81.5. The van der Waals surface area contributed by atoms with E-state index in [0.717, 1.165) is 0 Å². The van der Waals surface area contributed by atoms with E-state index in [1.165, 1.54) is 6.42 Å². The standard InChI is InChI=1S/C14H8F6/c1-2-3-4-6-11(17)9-7(15)5-8(16)13(19)10(9)14(20)12(6)18/h2,5H,1,3-4H2. The van der Waals surface area contributed by atoms with Gasteiger partial charge in [-0.05, 0) is 26.2 Å². The molecule has 0 N–H and O–H groups in total. The van der Waals surface area contributed by atoms with E-state index in [-0.39, 0.29) is 18.9 Å². The molecule has 0 aliphatic carbocycles. The zero-order chi connectivity index (χ0) is 15.0. The van der Waals surface area contributed by atoms with Crippen LogP contribution in [0.1, 0.15) is 12.0 Å². The fourth-order valence-electron chi connectivity index (χ4n) is 1.97. The lowest BCUT2D eigenvalue weighted by Crippen LogP contribution is -2.05. The largest absolute Gasteiger partial charge is 0.206 e. The third kappa shape index (κ3) is 2.13. The summed E-state index contributed by atoms with van der Waals surface area (Å²) in [6, 6.07) is 0.0926. The molecule has 0 bridgehead atoms. The molecule has 0 amide bonds. The molecule has 2 aromatic carbocycles. The molecule has 2 rings (SSSR count). The van der Waals surface area contributed by atoms with Crippen molar-refractivity contribution in [2.24, 2.45) is 0 Å². The van der Waals surface area contributed by atoms with Crippen molar-refractivity contribution in [3.05, 3.63) is 59.9 Å². The zero-order valence-electron chi connectivity index (χ0n) is 10.0. The lowest BCUT2D eigenvalue weighted by molar-refractivity contribution is 0.469. The highest BCUT2D eigenvalue weighted by atomic mass is 19.2. The lowest BCUT2D eigenvalue weighted by Gasteiger charge is -2.11. The fourth-order valence-corrected chi connectivity index (χ4v) is 1.97. The minimum atomic E-state index is -1.83. The second kappa shape index (κ2) is 5.34. The second-order valence-corrected chi connectivity index (χ2v) is 4.15. The number of fused-ring (bicyclic) bond motifs is 1. The Morgan fingerprint density at radius 3 is 2.05 bits per heavy atom. The van der Waals surface area contributed by atoms with Crippen molar-refractivity contribution < 1.29 is 26.3 Å². The molecule has 0 heterocycles. The van der Waals surface area contributed by atoms with E-state index >= 15 is 0 Å². The van der Waals surface area contributed by atoms with Crippen LogP contribution in [0.5, 0.6) is 0 Å². The molecular weight excluding hydrogens is 282 g/mol. The second-order valence-electron chi connectivity index (χ2n) is 4.15. The Balaban J connectivity index is 2.89. The van der Waals surface area contributed by atoms with Gasteiger partial charge in [0.1, 0.15) is 11.6 Å². The maximum Gasteiger partial charge on any atom is 0.170 e. The summed E-state index contributed by atoms with van der Waals surface area (Å²) in [6.07, 6.45) is 1.18. The molecule has 6 heteroatoms. The predicted molar refractivity (Wildman–Crippen MR) is 61.7 cm³/mol. The summed E-state index contributed by atoms with van der Waals surface area (Å²) in [6.45, 7) is 3.34. The van der Waals surface area contributed by atoms with Crippen molar-refractivity contribution >= 4 is 10.8 Å². The summed E-state index contributed by atoms with van der Waals surface area (Å²) in [5, 5.41) is -2.46. The summed E-state index contributed by atoms with van der Waals surface area (Å²) in [4.78, 5) is 0. The fraction of sp³-hybridized carbons (Fsp3) is 0.143. The molecule has 0 atom stereocenters. The topological polar surface area (TPSA) is 0 Å². The molecule has 0 aliphatic rings. The van der Waals surface area contributed by atoms with Gasteiger partial charge in [-0.25, -0.2) is 26.3 Å². The van der Waals surface area contributed by atoms with Gasteiger partial charge in [0.25, 0.3) is 0 Å². The van der Waals surface area contributed by atoms with Gasteiger partial charge in [-0.15, -0.1) is 0 Å². The summed E-state index contributed by atoms with van der Waals surface area (Å²) in [5.74, 6) is -9.93. The van der Waals surface area contributed by atoms with E-state index in [4.69, 9.17) is 0 Å². The van der Waals surface area contributed by atoms with E-state index in [9.17, 15) is 26.3 Å². The van der Waals surface area contributed by atoms with Crippen molar-refractivity contribution in [3.63, 3.8) is 0 Å². The van der Waals surface area contributed by atoms with Crippen molar-refractivity contribution in [2.75, 3.05) is 0 Å². The van der Waals surface area contributed by atoms with Crippen molar-refractivity contribution in [2.45, 2.75) is 12.8 Å². The third-order valence-corrected chi connectivity index (χ3v) is 2.93. The maximum absolute atomic E-state index is 14.0. The molecule has 0 saturated carbocycles. The Labute approximate surface area is 111 Å². The number of unbranched alkanes of at least 4 members (excludes halogenated alkanes) is 1. The van der Waals surface area contributed by atoms with Gasteiger partial charge in [-0.2, -0.15) is 0 Å². The van der Waals surface area contributed by atoms with Crippen LogP contribution in [0.25, 0.3) is 10.8 Å². The molecule has 2 radical (unpaired) electrons. The first-order valence-electron chi connectivity index (χ1n) is 5.63. The lowest BCUT2D eigenvalue weighted by atomic mass is 9.99. The minimum Gasteiger partial charge on any atom is -0.206 e. The van der Waals surface area contributed by atoms with E-state index in [2.05, 4.69) is 6.92 Å². The molecule has 0 fully saturated rings. The molecular formula is C14H8F6. The smallest absolute Gasteiger partial charge is 0.170 e. The SMILES string of the molecule is [CH2][CH]CCc1c(F)c(F)c2c(F)c(F)cc(F)c2c1F. The van der Waals surface area contributed by atoms with Crippen LogP contribution in [0, 0.1) is 48.2 Å². The average molecular weight is 290 g/mol. The highest BCUT2D eigenvalue weighted by Gasteiger charge is 2.26. The number of benzene rings is 2. The molecule has 0 aliphatic heterocycles. The monoisotopic (exact) mass is 290 g/mol. The molecule has 0 nitrogen and oxygen atoms in total. The van der Waals surface area contributed by atoms with Crippen LogP contribution in [-0.4, -0.2) is 0 Å². The van der Waals surface area contributed by atoms with E-state index in [1.54, 1.807) is 0 Å². The number of halogens is 6. The first kappa shape index (κ1) is 14.7. The van der Waals surface area contributed by atoms with Gasteiger partial charge in [-0.3, -0.25) is 0 Å². The quantitative estimate of drug-likeness (QED) is 0.570. The van der Waals surface area contributed by atoms with Gasteiger partial charge in [0, 0.05) is 11.6 Å². The number of hydrogen-bond acceptors (Lipinski definition) is 0. The molecule has 0 aromatic heterocycles. The summed E-state index contributed by atoms with van der Waals surface area (Å²) in [5.41, 5.74) is -0.722. The molecule has 106 valence electrons. The molecule has 0 spiro atoms. The van der Waals surface area contributed by atoms with Crippen molar-refractivity contribution in [1.29, 1.82) is 0 Å². The normalized spacial score (nSPS) is 11.3. The number of rotatable bonds is 3. The van der Waals surface area contributed by atoms with Crippen molar-refractivity contribution in [3.8, 4) is 0 Å². The highest BCUT2D eigenvalue weighted by Crippen LogP contribution is 2.33. The Kier molecular flexibility index (Phi) is 3.92. The van der Waals surface area contributed by atoms with Crippen LogP contribution in [0.2, 0.25) is 0 Å². The summed E-state index contributed by atoms with van der Waals surface area (Å²) >= 11 is 0. The Morgan fingerprint density at radius 1 is 0.800 bits per heavy atom. The third-order valence-electron chi connectivity index (χ3n) is 2.93. The van der Waals surface area contributed by atoms with Crippen molar-refractivity contribution in [1.82, 2.24) is 0 Å². The molecule has 2 aromatic rings. The van der Waals surface area contributed by atoms with Gasteiger partial charge in [0.15, 0.2) is 23.3 Å². The minimum absolute atomic E-state index is 0.0926. The maximum atomic E-state index is 14.0. The summed E-state index contributed by atoms with van der Waals surface area (Å²) in [7, 11) is 0. The van der Waals surface area contributed by atoms with Gasteiger partial charge in [0.2, 0.25) is 0 Å². The Morgan fingerprint density at radius 2 is 1.45 bits per heavy atom. The zero-order valence-corrected chi connectivity index (χ0v) is 10.0. The van der Waals surface area contributed by atoms with Gasteiger partial charge in [-0.1, -0.05) is 0 Å². The van der Waals surface area contributed by atoms with E-state index in [1.807, 2.05) is 0 Å². The first-order chi connectivity index (χ1) is 9.40. The molecule has 0 saturated heterocycles. The van der Waals surface area contributed by atoms with Gasteiger partial charge >= 0.3 is 0 Å². The molecule has 0 unspecified atom stereocenters. The molecule has 20 heavy (non-hydrogen) atoms. The number of hydrogen-bond donors (Lipinski definition) is 0. The van der Waals surface area contributed by atoms with Crippen LogP contribution in [-0.2, 0) is 6.42 Å². The van der Waals surface area contributed by atoms with Gasteiger partial charge in [0.05, 0.1) is 10.8 Å². The van der Waals surface area contributed by atoms with Gasteiger partial charge < -0.3 is 0 Å². The van der Waals surface area contributed by atoms with Crippen LogP contribution >= 0.6 is 0 Å². The van der Waals surface area contributed by atoms with Crippen LogP contribution in [0.15, 0.2) is 6.07 Å². The Bertz CT molecular complexity index is 678. The average Bonchev–Trinajstić information content (AvgIpc) is 2.40. The van der Waals surface area contributed by atoms with Crippen LogP contribution in [0.3, 0.4) is 0 Å². The van der Waals surface area contributed by atoms with E-state index < -0.39 is 51.2 Å². The predicted octanol–water partition coefficient (Wildman–Crippen LogP) is 4.65. The van der Waals surface area contributed by atoms with Crippen LogP contribution < -0.4 is 0 Å². The highest BCUT2D eigenvalue weighted by molar-refractivity contribution is 5.86. The van der Waals surface area contributed by atoms with E-state index in [0.29, 0.717) is 0 Å². The first-order valence-corrected chi connectivity index (χ1v) is 5.63. The Hall–Kier alpha value is -1.72. The van der Waals surface area contributed by atoms with Crippen LogP contribution in [0.4, 0.5) is 26.3 Å².